The molecule has 0 amide bonds. The van der Waals surface area contributed by atoms with E-state index < -0.39 is 9.84 Å². The standard InChI is InChI=1S/C16H31NO2S/c1-13-6-8-14(9-7-13)10-11-17-15-4-3-5-16(12-15)20(2,18)19/h13-17H,3-12H2,1-2H3. The van der Waals surface area contributed by atoms with Gasteiger partial charge in [0.1, 0.15) is 9.84 Å². The third kappa shape index (κ3) is 5.03. The Hall–Kier alpha value is -0.0900. The summed E-state index contributed by atoms with van der Waals surface area (Å²) in [5.74, 6) is 1.82. The third-order valence-corrected chi connectivity index (χ3v) is 6.99. The van der Waals surface area contributed by atoms with Gasteiger partial charge in [0.25, 0.3) is 0 Å². The van der Waals surface area contributed by atoms with Gasteiger partial charge in [-0.2, -0.15) is 0 Å². The van der Waals surface area contributed by atoms with Gasteiger partial charge in [-0.1, -0.05) is 39.0 Å². The first kappa shape index (κ1) is 16.3. The van der Waals surface area contributed by atoms with E-state index in [1.165, 1.54) is 38.4 Å². The molecule has 0 heterocycles. The highest BCUT2D eigenvalue weighted by atomic mass is 32.2. The number of nitrogens with one attached hydrogen (secondary N) is 1. The minimum absolute atomic E-state index is 0.107. The van der Waals surface area contributed by atoms with Gasteiger partial charge in [-0.3, -0.25) is 0 Å². The van der Waals surface area contributed by atoms with E-state index in [1.807, 2.05) is 0 Å². The van der Waals surface area contributed by atoms with Crippen LogP contribution in [0.3, 0.4) is 0 Å². The lowest BCUT2D eigenvalue weighted by atomic mass is 9.81. The highest BCUT2D eigenvalue weighted by Crippen LogP contribution is 2.30. The highest BCUT2D eigenvalue weighted by Gasteiger charge is 2.28. The molecule has 118 valence electrons. The Kier molecular flexibility index (Phi) is 5.91. The predicted octanol–water partition coefficient (Wildman–Crippen LogP) is 3.15. The van der Waals surface area contributed by atoms with Crippen LogP contribution in [0.1, 0.15) is 64.7 Å². The lowest BCUT2D eigenvalue weighted by molar-refractivity contribution is 0.267. The summed E-state index contributed by atoms with van der Waals surface area (Å²) in [6.45, 7) is 3.43. The zero-order chi connectivity index (χ0) is 14.6. The van der Waals surface area contributed by atoms with E-state index in [4.69, 9.17) is 0 Å². The van der Waals surface area contributed by atoms with E-state index >= 15 is 0 Å². The van der Waals surface area contributed by atoms with Crippen molar-refractivity contribution in [2.24, 2.45) is 11.8 Å². The topological polar surface area (TPSA) is 46.2 Å². The van der Waals surface area contributed by atoms with Crippen molar-refractivity contribution in [2.75, 3.05) is 12.8 Å². The van der Waals surface area contributed by atoms with Gasteiger partial charge < -0.3 is 5.32 Å². The van der Waals surface area contributed by atoms with Gasteiger partial charge in [-0.05, 0) is 44.1 Å². The van der Waals surface area contributed by atoms with Crippen molar-refractivity contribution in [3.8, 4) is 0 Å². The SMILES string of the molecule is CC1CCC(CCNC2CCCC(S(C)(=O)=O)C2)CC1. The highest BCUT2D eigenvalue weighted by molar-refractivity contribution is 7.91. The van der Waals surface area contributed by atoms with Gasteiger partial charge in [0, 0.05) is 12.3 Å². The molecule has 2 fully saturated rings. The molecule has 2 unspecified atom stereocenters. The van der Waals surface area contributed by atoms with Crippen molar-refractivity contribution in [2.45, 2.75) is 76.0 Å². The van der Waals surface area contributed by atoms with Crippen molar-refractivity contribution in [3.63, 3.8) is 0 Å². The molecule has 2 saturated carbocycles. The van der Waals surface area contributed by atoms with E-state index in [0.717, 1.165) is 44.1 Å². The summed E-state index contributed by atoms with van der Waals surface area (Å²) in [7, 11) is -2.85. The Bertz CT molecular complexity index is 385. The average molecular weight is 301 g/mol. The molecule has 3 nitrogen and oxygen atoms in total. The zero-order valence-electron chi connectivity index (χ0n) is 13.1. The quantitative estimate of drug-likeness (QED) is 0.848. The Morgan fingerprint density at radius 1 is 1.05 bits per heavy atom. The second-order valence-electron chi connectivity index (χ2n) is 7.18. The van der Waals surface area contributed by atoms with E-state index in [0.29, 0.717) is 6.04 Å². The van der Waals surface area contributed by atoms with Crippen LogP contribution < -0.4 is 5.32 Å². The lowest BCUT2D eigenvalue weighted by Crippen LogP contribution is -2.39. The van der Waals surface area contributed by atoms with Gasteiger partial charge >= 0.3 is 0 Å². The predicted molar refractivity (Wildman–Crippen MR) is 84.6 cm³/mol. The molecule has 2 aliphatic rings. The van der Waals surface area contributed by atoms with Crippen LogP contribution in [0.5, 0.6) is 0 Å². The monoisotopic (exact) mass is 301 g/mol. The second kappa shape index (κ2) is 7.26. The second-order valence-corrected chi connectivity index (χ2v) is 9.51. The third-order valence-electron chi connectivity index (χ3n) is 5.35. The van der Waals surface area contributed by atoms with E-state index in [2.05, 4.69) is 12.2 Å². The molecule has 0 aromatic rings. The Morgan fingerprint density at radius 3 is 2.40 bits per heavy atom. The summed E-state index contributed by atoms with van der Waals surface area (Å²) in [4.78, 5) is 0. The van der Waals surface area contributed by atoms with Crippen LogP contribution in [0.2, 0.25) is 0 Å². The molecule has 2 atom stereocenters. The Labute approximate surface area is 124 Å². The molecule has 0 radical (unpaired) electrons. The molecule has 0 bridgehead atoms. The lowest BCUT2D eigenvalue weighted by Gasteiger charge is -2.30. The smallest absolute Gasteiger partial charge is 0.150 e. The Morgan fingerprint density at radius 2 is 1.75 bits per heavy atom. The van der Waals surface area contributed by atoms with E-state index in [9.17, 15) is 8.42 Å². The fourth-order valence-corrected chi connectivity index (χ4v) is 5.01. The van der Waals surface area contributed by atoms with Gasteiger partial charge in [0.15, 0.2) is 0 Å². The first-order chi connectivity index (χ1) is 9.45. The minimum atomic E-state index is -2.85. The van der Waals surface area contributed by atoms with Crippen LogP contribution in [0.15, 0.2) is 0 Å². The zero-order valence-corrected chi connectivity index (χ0v) is 13.9. The van der Waals surface area contributed by atoms with Crippen LogP contribution in [-0.4, -0.2) is 32.5 Å². The summed E-state index contributed by atoms with van der Waals surface area (Å²) in [6, 6.07) is 0.422. The van der Waals surface area contributed by atoms with Crippen LogP contribution >= 0.6 is 0 Å². The van der Waals surface area contributed by atoms with Crippen molar-refractivity contribution in [1.82, 2.24) is 5.32 Å². The van der Waals surface area contributed by atoms with Gasteiger partial charge in [-0.15, -0.1) is 0 Å². The number of rotatable bonds is 5. The van der Waals surface area contributed by atoms with Crippen LogP contribution in [0, 0.1) is 11.8 Å². The molecule has 0 aliphatic heterocycles. The maximum atomic E-state index is 11.7. The maximum absolute atomic E-state index is 11.7. The maximum Gasteiger partial charge on any atom is 0.150 e. The van der Waals surface area contributed by atoms with Crippen LogP contribution in [0.25, 0.3) is 0 Å². The summed E-state index contributed by atoms with van der Waals surface area (Å²) < 4.78 is 23.3. The van der Waals surface area contributed by atoms with Gasteiger partial charge in [0.2, 0.25) is 0 Å². The average Bonchev–Trinajstić information content (AvgIpc) is 2.40. The van der Waals surface area contributed by atoms with Crippen molar-refractivity contribution in [3.05, 3.63) is 0 Å². The normalized spacial score (nSPS) is 35.9. The molecule has 2 aliphatic carbocycles. The molecule has 4 heteroatoms. The van der Waals surface area contributed by atoms with Crippen molar-refractivity contribution < 1.29 is 8.42 Å². The van der Waals surface area contributed by atoms with Gasteiger partial charge in [0.05, 0.1) is 5.25 Å². The van der Waals surface area contributed by atoms with Crippen LogP contribution in [0.4, 0.5) is 0 Å². The van der Waals surface area contributed by atoms with Crippen molar-refractivity contribution in [1.29, 1.82) is 0 Å². The first-order valence-electron chi connectivity index (χ1n) is 8.37. The summed E-state index contributed by atoms with van der Waals surface area (Å²) >= 11 is 0. The largest absolute Gasteiger partial charge is 0.314 e. The summed E-state index contributed by atoms with van der Waals surface area (Å²) in [5.41, 5.74) is 0. The van der Waals surface area contributed by atoms with E-state index in [-0.39, 0.29) is 5.25 Å². The van der Waals surface area contributed by atoms with Crippen molar-refractivity contribution >= 4 is 9.84 Å². The molecule has 2 rings (SSSR count). The molecule has 0 aromatic heterocycles. The molecule has 20 heavy (non-hydrogen) atoms. The molecule has 0 aromatic carbocycles. The molecule has 0 saturated heterocycles. The number of sulfone groups is 1. The molecular weight excluding hydrogens is 270 g/mol. The molecular formula is C16H31NO2S. The summed E-state index contributed by atoms with van der Waals surface area (Å²) in [5, 5.41) is 3.51. The number of hydrogen-bond donors (Lipinski definition) is 1. The fourth-order valence-electron chi connectivity index (χ4n) is 3.83. The van der Waals surface area contributed by atoms with E-state index in [1.54, 1.807) is 0 Å². The minimum Gasteiger partial charge on any atom is -0.314 e. The fraction of sp³-hybridized carbons (Fsp3) is 1.00. The summed E-state index contributed by atoms with van der Waals surface area (Å²) in [6.07, 6.45) is 12.1. The number of hydrogen-bond acceptors (Lipinski definition) is 3. The molecule has 1 N–H and O–H groups in total. The first-order valence-corrected chi connectivity index (χ1v) is 10.3. The Balaban J connectivity index is 1.66. The molecule has 0 spiro atoms. The van der Waals surface area contributed by atoms with Gasteiger partial charge in [-0.25, -0.2) is 8.42 Å². The van der Waals surface area contributed by atoms with Crippen LogP contribution in [-0.2, 0) is 9.84 Å².